The summed E-state index contributed by atoms with van der Waals surface area (Å²) in [7, 11) is 0. The molecule has 0 unspecified atom stereocenters. The van der Waals surface area contributed by atoms with E-state index in [2.05, 4.69) is 57.8 Å². The van der Waals surface area contributed by atoms with E-state index in [0.29, 0.717) is 18.6 Å². The Morgan fingerprint density at radius 2 is 2.19 bits per heavy atom. The lowest BCUT2D eigenvalue weighted by atomic mass is 9.93. The summed E-state index contributed by atoms with van der Waals surface area (Å²) in [5.41, 5.74) is 2.50. The lowest BCUT2D eigenvalue weighted by Gasteiger charge is -2.24. The van der Waals surface area contributed by atoms with Gasteiger partial charge in [0.05, 0.1) is 16.6 Å². The van der Waals surface area contributed by atoms with E-state index in [9.17, 15) is 4.79 Å². The fourth-order valence-electron chi connectivity index (χ4n) is 4.50. The zero-order valence-electron chi connectivity index (χ0n) is 15.4. The van der Waals surface area contributed by atoms with Crippen LogP contribution in [0.15, 0.2) is 35.7 Å². The number of rotatable bonds is 6. The quantitative estimate of drug-likeness (QED) is 0.846. The molecule has 2 aromatic rings. The van der Waals surface area contributed by atoms with Crippen molar-refractivity contribution in [2.45, 2.75) is 51.1 Å². The van der Waals surface area contributed by atoms with Gasteiger partial charge in [-0.05, 0) is 37.8 Å². The van der Waals surface area contributed by atoms with Crippen LogP contribution in [0, 0.1) is 5.92 Å². The Bertz CT molecular complexity index is 745. The normalized spacial score (nSPS) is 25.3. The molecule has 3 heterocycles. The number of carbonyl (C=O) groups excluding carboxylic acids is 1. The highest BCUT2D eigenvalue weighted by molar-refractivity contribution is 7.09. The van der Waals surface area contributed by atoms with Crippen molar-refractivity contribution in [1.29, 1.82) is 0 Å². The molecule has 2 fully saturated rings. The number of amides is 1. The van der Waals surface area contributed by atoms with Crippen molar-refractivity contribution in [3.63, 3.8) is 0 Å². The van der Waals surface area contributed by atoms with Gasteiger partial charge in [0.1, 0.15) is 0 Å². The molecule has 4 rings (SSSR count). The maximum absolute atomic E-state index is 12.9. The monoisotopic (exact) mass is 369 g/mol. The Kier molecular flexibility index (Phi) is 5.36. The van der Waals surface area contributed by atoms with E-state index < -0.39 is 0 Å². The Morgan fingerprint density at radius 1 is 1.35 bits per heavy atom. The second-order valence-electron chi connectivity index (χ2n) is 7.34. The minimum atomic E-state index is 0.116. The maximum atomic E-state index is 12.9. The summed E-state index contributed by atoms with van der Waals surface area (Å²) in [6.07, 6.45) is 5.10. The van der Waals surface area contributed by atoms with E-state index in [4.69, 9.17) is 0 Å². The zero-order valence-corrected chi connectivity index (χ0v) is 16.2. The van der Waals surface area contributed by atoms with Gasteiger partial charge in [0, 0.05) is 30.4 Å². The highest BCUT2D eigenvalue weighted by atomic mass is 32.1. The molecule has 2 saturated heterocycles. The summed E-state index contributed by atoms with van der Waals surface area (Å²) in [4.78, 5) is 20.0. The molecule has 5 heteroatoms. The van der Waals surface area contributed by atoms with Gasteiger partial charge in [0.2, 0.25) is 5.91 Å². The highest BCUT2D eigenvalue weighted by Gasteiger charge is 2.46. The van der Waals surface area contributed by atoms with Gasteiger partial charge < -0.3 is 5.32 Å². The van der Waals surface area contributed by atoms with Crippen LogP contribution in [0.4, 0.5) is 0 Å². The number of carbonyl (C=O) groups is 1. The maximum Gasteiger partial charge on any atom is 0.224 e. The van der Waals surface area contributed by atoms with Gasteiger partial charge in [-0.2, -0.15) is 0 Å². The molecule has 0 radical (unpaired) electrons. The number of nitrogens with zero attached hydrogens (tertiary/aromatic N) is 2. The van der Waals surface area contributed by atoms with E-state index >= 15 is 0 Å². The van der Waals surface area contributed by atoms with Crippen LogP contribution in [-0.4, -0.2) is 34.9 Å². The molecular weight excluding hydrogens is 342 g/mol. The molecule has 1 amide bonds. The van der Waals surface area contributed by atoms with Crippen LogP contribution in [-0.2, 0) is 17.6 Å². The molecule has 3 atom stereocenters. The first-order valence-electron chi connectivity index (χ1n) is 9.78. The Hall–Kier alpha value is -1.72. The van der Waals surface area contributed by atoms with Gasteiger partial charge in [0.15, 0.2) is 0 Å². The fraction of sp³-hybridized carbons (Fsp3) is 0.524. The van der Waals surface area contributed by atoms with E-state index in [1.807, 2.05) is 0 Å². The Labute approximate surface area is 159 Å². The van der Waals surface area contributed by atoms with Gasteiger partial charge in [-0.15, -0.1) is 11.3 Å². The second kappa shape index (κ2) is 7.89. The second-order valence-corrected chi connectivity index (χ2v) is 8.29. The Balaban J connectivity index is 1.36. The standard InChI is InChI=1S/C21H27N3OS/c1-2-16-14-26-20(23-16)10-11-22-21(25)17-13-19(15-7-4-3-5-8-15)24-12-6-9-18(17)24/h3-5,7-8,14,17-19H,2,6,9-13H2,1H3,(H,22,25)/t17-,18+,19-/m1/s1. The predicted molar refractivity (Wildman–Crippen MR) is 105 cm³/mol. The third kappa shape index (κ3) is 3.55. The molecule has 1 aromatic carbocycles. The number of hydrogen-bond acceptors (Lipinski definition) is 4. The number of benzene rings is 1. The summed E-state index contributed by atoms with van der Waals surface area (Å²) in [6, 6.07) is 11.5. The summed E-state index contributed by atoms with van der Waals surface area (Å²) in [5, 5.41) is 6.43. The Morgan fingerprint density at radius 3 is 2.96 bits per heavy atom. The average molecular weight is 370 g/mol. The molecule has 0 bridgehead atoms. The van der Waals surface area contributed by atoms with Crippen LogP contribution in [0.1, 0.15) is 48.5 Å². The first-order chi connectivity index (χ1) is 12.8. The number of aryl methyl sites for hydroxylation is 1. The molecule has 138 valence electrons. The first-order valence-corrected chi connectivity index (χ1v) is 10.7. The molecule has 26 heavy (non-hydrogen) atoms. The van der Waals surface area contributed by atoms with Crippen LogP contribution in [0.2, 0.25) is 0 Å². The van der Waals surface area contributed by atoms with Crippen LogP contribution < -0.4 is 5.32 Å². The topological polar surface area (TPSA) is 45.2 Å². The lowest BCUT2D eigenvalue weighted by molar-refractivity contribution is -0.125. The van der Waals surface area contributed by atoms with Crippen molar-refractivity contribution in [2.75, 3.05) is 13.1 Å². The van der Waals surface area contributed by atoms with Crippen LogP contribution in [0.25, 0.3) is 0 Å². The third-order valence-electron chi connectivity index (χ3n) is 5.80. The molecular formula is C21H27N3OS. The van der Waals surface area contributed by atoms with E-state index in [0.717, 1.165) is 42.9 Å². The van der Waals surface area contributed by atoms with Crippen molar-refractivity contribution < 1.29 is 4.79 Å². The predicted octanol–water partition coefficient (Wildman–Crippen LogP) is 3.59. The number of aromatic nitrogens is 1. The van der Waals surface area contributed by atoms with E-state index in [-0.39, 0.29) is 11.8 Å². The van der Waals surface area contributed by atoms with Gasteiger partial charge in [-0.1, -0.05) is 37.3 Å². The number of hydrogen-bond donors (Lipinski definition) is 1. The lowest BCUT2D eigenvalue weighted by Crippen LogP contribution is -2.38. The van der Waals surface area contributed by atoms with Gasteiger partial charge in [-0.25, -0.2) is 4.98 Å². The minimum absolute atomic E-state index is 0.116. The largest absolute Gasteiger partial charge is 0.355 e. The summed E-state index contributed by atoms with van der Waals surface area (Å²) >= 11 is 1.70. The molecule has 1 N–H and O–H groups in total. The minimum Gasteiger partial charge on any atom is -0.355 e. The van der Waals surface area contributed by atoms with Crippen molar-refractivity contribution in [3.05, 3.63) is 52.0 Å². The first kappa shape index (κ1) is 17.7. The summed E-state index contributed by atoms with van der Waals surface area (Å²) in [6.45, 7) is 3.93. The number of thiazole rings is 1. The van der Waals surface area contributed by atoms with Gasteiger partial charge in [0.25, 0.3) is 0 Å². The van der Waals surface area contributed by atoms with Crippen molar-refractivity contribution in [1.82, 2.24) is 15.2 Å². The van der Waals surface area contributed by atoms with E-state index in [1.54, 1.807) is 11.3 Å². The molecule has 0 saturated carbocycles. The van der Waals surface area contributed by atoms with Gasteiger partial charge in [-0.3, -0.25) is 9.69 Å². The van der Waals surface area contributed by atoms with Crippen molar-refractivity contribution in [3.8, 4) is 0 Å². The number of fused-ring (bicyclic) bond motifs is 1. The molecule has 2 aliphatic rings. The molecule has 0 aliphatic carbocycles. The fourth-order valence-corrected chi connectivity index (χ4v) is 5.38. The molecule has 2 aliphatic heterocycles. The molecule has 1 aromatic heterocycles. The van der Waals surface area contributed by atoms with Crippen LogP contribution in [0.5, 0.6) is 0 Å². The smallest absolute Gasteiger partial charge is 0.224 e. The van der Waals surface area contributed by atoms with E-state index in [1.165, 1.54) is 12.0 Å². The van der Waals surface area contributed by atoms with Crippen molar-refractivity contribution in [2.24, 2.45) is 5.92 Å². The highest BCUT2D eigenvalue weighted by Crippen LogP contribution is 2.44. The van der Waals surface area contributed by atoms with Crippen LogP contribution >= 0.6 is 11.3 Å². The summed E-state index contributed by atoms with van der Waals surface area (Å²) in [5.74, 6) is 0.345. The summed E-state index contributed by atoms with van der Waals surface area (Å²) < 4.78 is 0. The average Bonchev–Trinajstić information content (AvgIpc) is 3.38. The molecule has 4 nitrogen and oxygen atoms in total. The van der Waals surface area contributed by atoms with Gasteiger partial charge >= 0.3 is 0 Å². The zero-order chi connectivity index (χ0) is 17.9. The molecule has 0 spiro atoms. The number of nitrogens with one attached hydrogen (secondary N) is 1. The van der Waals surface area contributed by atoms with Crippen molar-refractivity contribution >= 4 is 17.2 Å². The SMILES string of the molecule is CCc1csc(CCNC(=O)[C@@H]2C[C@H](c3ccccc3)N3CCC[C@@H]23)n1. The third-order valence-corrected chi connectivity index (χ3v) is 6.76. The van der Waals surface area contributed by atoms with Crippen LogP contribution in [0.3, 0.4) is 0 Å².